The monoisotopic (exact) mass is 271 g/mol. The summed E-state index contributed by atoms with van der Waals surface area (Å²) in [7, 11) is -3.67. The zero-order valence-electron chi connectivity index (χ0n) is 9.99. The van der Waals surface area contributed by atoms with Gasteiger partial charge >= 0.3 is 0 Å². The Morgan fingerprint density at radius 2 is 2.28 bits per heavy atom. The molecule has 7 heteroatoms. The third-order valence-corrected chi connectivity index (χ3v) is 5.18. The zero-order chi connectivity index (χ0) is 13.2. The van der Waals surface area contributed by atoms with Crippen molar-refractivity contribution in [3.05, 3.63) is 18.5 Å². The van der Waals surface area contributed by atoms with E-state index in [1.54, 1.807) is 0 Å². The minimum Gasteiger partial charge on any atom is -0.398 e. The first-order valence-corrected chi connectivity index (χ1v) is 7.33. The Labute approximate surface area is 106 Å². The average Bonchev–Trinajstić information content (AvgIpc) is 2.39. The van der Waals surface area contributed by atoms with Crippen molar-refractivity contribution in [3.8, 4) is 0 Å². The summed E-state index contributed by atoms with van der Waals surface area (Å²) in [5.41, 5.74) is 5.88. The molecule has 1 atom stereocenters. The molecular weight excluding hydrogens is 254 g/mol. The summed E-state index contributed by atoms with van der Waals surface area (Å²) in [6, 6.07) is 1.11. The van der Waals surface area contributed by atoms with Gasteiger partial charge in [0.05, 0.1) is 12.3 Å². The minimum atomic E-state index is -3.67. The van der Waals surface area contributed by atoms with Crippen molar-refractivity contribution in [2.45, 2.75) is 30.2 Å². The topological polar surface area (TPSA) is 96.5 Å². The number of aliphatic hydroxyl groups is 1. The average molecular weight is 271 g/mol. The number of nitrogens with two attached hydrogens (primary N) is 1. The number of nitrogens with zero attached hydrogens (tertiary/aromatic N) is 2. The molecule has 1 aliphatic heterocycles. The van der Waals surface area contributed by atoms with Gasteiger partial charge in [0.2, 0.25) is 10.0 Å². The standard InChI is InChI=1S/C11H17N3O3S/c12-10-4-5-13-7-11(10)18(16,17)14-6-2-1-3-9(14)8-15/h4-5,7,9,15H,1-3,6,8H2,(H2,12,13). The van der Waals surface area contributed by atoms with Crippen LogP contribution in [0.15, 0.2) is 23.4 Å². The smallest absolute Gasteiger partial charge is 0.246 e. The van der Waals surface area contributed by atoms with Crippen molar-refractivity contribution in [1.29, 1.82) is 0 Å². The molecule has 0 bridgehead atoms. The predicted molar refractivity (Wildman–Crippen MR) is 67.3 cm³/mol. The lowest BCUT2D eigenvalue weighted by Crippen LogP contribution is -2.45. The number of sulfonamides is 1. The van der Waals surface area contributed by atoms with Crippen LogP contribution >= 0.6 is 0 Å². The highest BCUT2D eigenvalue weighted by molar-refractivity contribution is 7.89. The molecule has 18 heavy (non-hydrogen) atoms. The number of hydrogen-bond acceptors (Lipinski definition) is 5. The van der Waals surface area contributed by atoms with Gasteiger partial charge in [-0.05, 0) is 18.9 Å². The molecule has 100 valence electrons. The van der Waals surface area contributed by atoms with Crippen molar-refractivity contribution >= 4 is 15.7 Å². The summed E-state index contributed by atoms with van der Waals surface area (Å²) in [5, 5.41) is 9.29. The van der Waals surface area contributed by atoms with Crippen LogP contribution in [-0.2, 0) is 10.0 Å². The number of rotatable bonds is 3. The molecular formula is C11H17N3O3S. The Morgan fingerprint density at radius 3 is 2.94 bits per heavy atom. The van der Waals surface area contributed by atoms with Crippen LogP contribution in [0.25, 0.3) is 0 Å². The fourth-order valence-corrected chi connectivity index (χ4v) is 3.95. The van der Waals surface area contributed by atoms with Crippen LogP contribution in [0.2, 0.25) is 0 Å². The van der Waals surface area contributed by atoms with Gasteiger partial charge in [0, 0.05) is 25.0 Å². The second-order valence-electron chi connectivity index (χ2n) is 4.36. The third kappa shape index (κ3) is 2.33. The molecule has 0 saturated carbocycles. The van der Waals surface area contributed by atoms with Gasteiger partial charge in [-0.3, -0.25) is 4.98 Å². The van der Waals surface area contributed by atoms with Crippen LogP contribution in [-0.4, -0.2) is 42.0 Å². The molecule has 1 aromatic heterocycles. The van der Waals surface area contributed by atoms with Crippen LogP contribution in [0.1, 0.15) is 19.3 Å². The van der Waals surface area contributed by atoms with Gasteiger partial charge in [0.1, 0.15) is 4.90 Å². The first kappa shape index (κ1) is 13.3. The third-order valence-electron chi connectivity index (χ3n) is 3.19. The number of aliphatic hydroxyl groups excluding tert-OH is 1. The zero-order valence-corrected chi connectivity index (χ0v) is 10.8. The molecule has 1 aromatic rings. The second-order valence-corrected chi connectivity index (χ2v) is 6.22. The molecule has 2 heterocycles. The van der Waals surface area contributed by atoms with Crippen LogP contribution in [0.4, 0.5) is 5.69 Å². The van der Waals surface area contributed by atoms with Gasteiger partial charge in [0.25, 0.3) is 0 Å². The number of anilines is 1. The van der Waals surface area contributed by atoms with E-state index in [1.165, 1.54) is 22.8 Å². The van der Waals surface area contributed by atoms with E-state index in [9.17, 15) is 13.5 Å². The number of hydrogen-bond donors (Lipinski definition) is 2. The first-order valence-electron chi connectivity index (χ1n) is 5.89. The lowest BCUT2D eigenvalue weighted by molar-refractivity contribution is 0.155. The van der Waals surface area contributed by atoms with E-state index < -0.39 is 10.0 Å². The molecule has 1 unspecified atom stereocenters. The van der Waals surface area contributed by atoms with Gasteiger partial charge in [-0.15, -0.1) is 0 Å². The summed E-state index contributed by atoms with van der Waals surface area (Å²) < 4.78 is 26.3. The quantitative estimate of drug-likeness (QED) is 0.818. The van der Waals surface area contributed by atoms with Crippen molar-refractivity contribution in [2.24, 2.45) is 0 Å². The molecule has 2 rings (SSSR count). The van der Waals surface area contributed by atoms with E-state index in [1.807, 2.05) is 0 Å². The number of aromatic nitrogens is 1. The minimum absolute atomic E-state index is 0.0188. The molecule has 1 fully saturated rings. The number of nitrogen functional groups attached to an aromatic ring is 1. The second kappa shape index (κ2) is 5.21. The Hall–Kier alpha value is -1.18. The van der Waals surface area contributed by atoms with E-state index in [4.69, 9.17) is 5.73 Å². The maximum Gasteiger partial charge on any atom is 0.246 e. The van der Waals surface area contributed by atoms with E-state index in [-0.39, 0.29) is 23.2 Å². The summed E-state index contributed by atoms with van der Waals surface area (Å²) in [6.45, 7) is 0.251. The highest BCUT2D eigenvalue weighted by atomic mass is 32.2. The number of piperidine rings is 1. The van der Waals surface area contributed by atoms with E-state index in [0.717, 1.165) is 12.8 Å². The summed E-state index contributed by atoms with van der Waals surface area (Å²) in [5.74, 6) is 0. The summed E-state index contributed by atoms with van der Waals surface area (Å²) >= 11 is 0. The van der Waals surface area contributed by atoms with Crippen LogP contribution < -0.4 is 5.73 Å². The molecule has 0 spiro atoms. The van der Waals surface area contributed by atoms with E-state index in [2.05, 4.69) is 4.98 Å². The van der Waals surface area contributed by atoms with Gasteiger partial charge in [-0.1, -0.05) is 6.42 Å². The Balaban J connectivity index is 2.39. The van der Waals surface area contributed by atoms with Gasteiger partial charge in [-0.2, -0.15) is 4.31 Å². The molecule has 0 amide bonds. The highest BCUT2D eigenvalue weighted by Gasteiger charge is 2.34. The van der Waals surface area contributed by atoms with Crippen molar-refractivity contribution in [1.82, 2.24) is 9.29 Å². The number of pyridine rings is 1. The molecule has 0 radical (unpaired) electrons. The van der Waals surface area contributed by atoms with Crippen LogP contribution in [0.5, 0.6) is 0 Å². The molecule has 1 aliphatic rings. The normalized spacial score (nSPS) is 21.9. The van der Waals surface area contributed by atoms with Crippen LogP contribution in [0.3, 0.4) is 0 Å². The summed E-state index contributed by atoms with van der Waals surface area (Å²) in [4.78, 5) is 3.83. The molecule has 0 aliphatic carbocycles. The molecule has 1 saturated heterocycles. The van der Waals surface area contributed by atoms with Crippen molar-refractivity contribution in [3.63, 3.8) is 0 Å². The van der Waals surface area contributed by atoms with E-state index >= 15 is 0 Å². The fraction of sp³-hybridized carbons (Fsp3) is 0.545. The van der Waals surface area contributed by atoms with Crippen molar-refractivity contribution in [2.75, 3.05) is 18.9 Å². The molecule has 0 aromatic carbocycles. The SMILES string of the molecule is Nc1ccncc1S(=O)(=O)N1CCCCC1CO. The maximum atomic E-state index is 12.5. The Bertz CT molecular complexity index is 518. The lowest BCUT2D eigenvalue weighted by Gasteiger charge is -2.33. The maximum absolute atomic E-state index is 12.5. The van der Waals surface area contributed by atoms with Gasteiger partial charge < -0.3 is 10.8 Å². The highest BCUT2D eigenvalue weighted by Crippen LogP contribution is 2.27. The molecule has 3 N–H and O–H groups in total. The first-order chi connectivity index (χ1) is 8.57. The lowest BCUT2D eigenvalue weighted by atomic mass is 10.1. The summed E-state index contributed by atoms with van der Waals surface area (Å²) in [6.07, 6.45) is 5.12. The van der Waals surface area contributed by atoms with Gasteiger partial charge in [0.15, 0.2) is 0 Å². The van der Waals surface area contributed by atoms with E-state index in [0.29, 0.717) is 13.0 Å². The Morgan fingerprint density at radius 1 is 1.50 bits per heavy atom. The van der Waals surface area contributed by atoms with Gasteiger partial charge in [-0.25, -0.2) is 8.42 Å². The Kier molecular flexibility index (Phi) is 3.84. The largest absolute Gasteiger partial charge is 0.398 e. The van der Waals surface area contributed by atoms with Crippen LogP contribution in [0, 0.1) is 0 Å². The fourth-order valence-electron chi connectivity index (χ4n) is 2.21. The predicted octanol–water partition coefficient (Wildman–Crippen LogP) is 0.199. The van der Waals surface area contributed by atoms with Crippen molar-refractivity contribution < 1.29 is 13.5 Å². The molecule has 6 nitrogen and oxygen atoms in total.